The standard InChI is InChI=1S/C23H27ClN5O4P/c1-4-32-34(31,33-5-2)15-16-10-12-17(13-11-16)27-23-26-14-19(24)21(29-23)28-20-9-7-6-8-18(20)22(30)25-3/h6-14H,4-5,15H2,1-3H3,(H,25,30)(H2,26,27,28,29). The van der Waals surface area contributed by atoms with E-state index in [0.29, 0.717) is 41.3 Å². The van der Waals surface area contributed by atoms with Crippen molar-refractivity contribution in [1.82, 2.24) is 15.3 Å². The Morgan fingerprint density at radius 1 is 1.03 bits per heavy atom. The van der Waals surface area contributed by atoms with Gasteiger partial charge in [-0.3, -0.25) is 9.36 Å². The Labute approximate surface area is 203 Å². The summed E-state index contributed by atoms with van der Waals surface area (Å²) < 4.78 is 23.5. The SMILES string of the molecule is CCOP(=O)(Cc1ccc(Nc2ncc(Cl)c(Nc3ccccc3C(=O)NC)n2)cc1)OCC. The topological polar surface area (TPSA) is 114 Å². The third kappa shape index (κ3) is 6.77. The Hall–Kier alpha value is -2.97. The molecule has 11 heteroatoms. The van der Waals surface area contributed by atoms with Crippen LogP contribution in [0.25, 0.3) is 0 Å². The van der Waals surface area contributed by atoms with Crippen LogP contribution in [0.2, 0.25) is 5.02 Å². The Kier molecular flexibility index (Phi) is 9.01. The molecule has 0 saturated heterocycles. The number of rotatable bonds is 11. The van der Waals surface area contributed by atoms with Gasteiger partial charge >= 0.3 is 7.60 Å². The van der Waals surface area contributed by atoms with Crippen LogP contribution in [0.3, 0.4) is 0 Å². The number of carbonyl (C=O) groups excluding carboxylic acids is 1. The fraction of sp³-hybridized carbons (Fsp3) is 0.261. The van der Waals surface area contributed by atoms with Crippen LogP contribution in [0.15, 0.2) is 54.7 Å². The normalized spacial score (nSPS) is 11.2. The van der Waals surface area contributed by atoms with Gasteiger partial charge in [-0.15, -0.1) is 0 Å². The van der Waals surface area contributed by atoms with E-state index in [-0.39, 0.29) is 12.1 Å². The Balaban J connectivity index is 1.75. The maximum atomic E-state index is 12.7. The lowest BCUT2D eigenvalue weighted by atomic mass is 10.1. The molecule has 3 rings (SSSR count). The van der Waals surface area contributed by atoms with Crippen molar-refractivity contribution in [2.75, 3.05) is 30.9 Å². The largest absolute Gasteiger partial charge is 0.355 e. The fourth-order valence-corrected chi connectivity index (χ4v) is 4.98. The van der Waals surface area contributed by atoms with Crippen LogP contribution in [-0.4, -0.2) is 36.1 Å². The van der Waals surface area contributed by atoms with Crippen LogP contribution in [0.1, 0.15) is 29.8 Å². The number of nitrogens with one attached hydrogen (secondary N) is 3. The highest BCUT2D eigenvalue weighted by molar-refractivity contribution is 7.53. The van der Waals surface area contributed by atoms with E-state index in [1.165, 1.54) is 6.20 Å². The van der Waals surface area contributed by atoms with Gasteiger partial charge in [0.2, 0.25) is 5.95 Å². The zero-order valence-corrected chi connectivity index (χ0v) is 20.8. The third-order valence-corrected chi connectivity index (χ3v) is 6.97. The summed E-state index contributed by atoms with van der Waals surface area (Å²) in [5.41, 5.74) is 2.57. The van der Waals surface area contributed by atoms with Crippen LogP contribution in [0.4, 0.5) is 23.1 Å². The van der Waals surface area contributed by atoms with Crippen LogP contribution in [-0.2, 0) is 19.8 Å². The minimum Gasteiger partial charge on any atom is -0.355 e. The number of hydrogen-bond donors (Lipinski definition) is 3. The number of amides is 1. The molecule has 1 aromatic heterocycles. The highest BCUT2D eigenvalue weighted by atomic mass is 35.5. The van der Waals surface area contributed by atoms with Gasteiger partial charge in [0.05, 0.1) is 36.8 Å². The Morgan fingerprint density at radius 2 is 1.71 bits per heavy atom. The van der Waals surface area contributed by atoms with Crippen LogP contribution >= 0.6 is 19.2 Å². The van der Waals surface area contributed by atoms with Gasteiger partial charge in [0.1, 0.15) is 5.02 Å². The minimum atomic E-state index is -3.18. The summed E-state index contributed by atoms with van der Waals surface area (Å²) >= 11 is 6.28. The summed E-state index contributed by atoms with van der Waals surface area (Å²) in [5, 5.41) is 9.12. The molecule has 0 unspecified atom stereocenters. The number of aromatic nitrogens is 2. The maximum Gasteiger partial charge on any atom is 0.335 e. The van der Waals surface area contributed by atoms with Crippen molar-refractivity contribution in [3.8, 4) is 0 Å². The van der Waals surface area contributed by atoms with E-state index in [4.69, 9.17) is 20.6 Å². The van der Waals surface area contributed by atoms with Crippen LogP contribution < -0.4 is 16.0 Å². The molecule has 0 aliphatic carbocycles. The molecule has 34 heavy (non-hydrogen) atoms. The Bertz CT molecular complexity index is 1170. The summed E-state index contributed by atoms with van der Waals surface area (Å²) in [6, 6.07) is 14.4. The number of hydrogen-bond acceptors (Lipinski definition) is 8. The van der Waals surface area contributed by atoms with E-state index in [1.807, 2.05) is 24.3 Å². The third-order valence-electron chi connectivity index (χ3n) is 4.63. The maximum absolute atomic E-state index is 12.7. The van der Waals surface area contributed by atoms with Crippen molar-refractivity contribution in [1.29, 1.82) is 0 Å². The lowest BCUT2D eigenvalue weighted by Crippen LogP contribution is -2.19. The van der Waals surface area contributed by atoms with E-state index in [2.05, 4.69) is 25.9 Å². The second-order valence-corrected chi connectivity index (χ2v) is 9.53. The molecule has 0 atom stereocenters. The average Bonchev–Trinajstić information content (AvgIpc) is 2.82. The van der Waals surface area contributed by atoms with Crippen molar-refractivity contribution in [2.24, 2.45) is 0 Å². The number of benzene rings is 2. The monoisotopic (exact) mass is 503 g/mol. The number of para-hydroxylation sites is 1. The second kappa shape index (κ2) is 11.9. The van der Waals surface area contributed by atoms with E-state index >= 15 is 0 Å². The first-order valence-electron chi connectivity index (χ1n) is 10.7. The van der Waals surface area contributed by atoms with Crippen molar-refractivity contribution in [2.45, 2.75) is 20.0 Å². The molecule has 0 radical (unpaired) electrons. The van der Waals surface area contributed by atoms with Crippen molar-refractivity contribution < 1.29 is 18.4 Å². The van der Waals surface area contributed by atoms with Gasteiger partial charge in [0.25, 0.3) is 5.91 Å². The lowest BCUT2D eigenvalue weighted by Gasteiger charge is -2.17. The van der Waals surface area contributed by atoms with Gasteiger partial charge in [0, 0.05) is 12.7 Å². The molecule has 9 nitrogen and oxygen atoms in total. The minimum absolute atomic E-state index is 0.186. The van der Waals surface area contributed by atoms with Gasteiger partial charge in [-0.25, -0.2) is 4.98 Å². The molecule has 1 heterocycles. The molecular formula is C23H27ClN5O4P. The molecule has 0 aliphatic heterocycles. The van der Waals surface area contributed by atoms with Gasteiger partial charge in [-0.1, -0.05) is 35.9 Å². The van der Waals surface area contributed by atoms with Crippen LogP contribution in [0.5, 0.6) is 0 Å². The molecule has 0 bridgehead atoms. The number of anilines is 4. The predicted octanol–water partition coefficient (Wildman–Crippen LogP) is 5.74. The van der Waals surface area contributed by atoms with Crippen molar-refractivity contribution in [3.05, 3.63) is 70.9 Å². The number of halogens is 1. The van der Waals surface area contributed by atoms with E-state index < -0.39 is 7.60 Å². The molecule has 2 aromatic carbocycles. The van der Waals surface area contributed by atoms with Gasteiger partial charge in [-0.05, 0) is 43.7 Å². The highest BCUT2D eigenvalue weighted by Gasteiger charge is 2.24. The summed E-state index contributed by atoms with van der Waals surface area (Å²) in [6.07, 6.45) is 1.65. The summed E-state index contributed by atoms with van der Waals surface area (Å²) in [5.74, 6) is 0.429. The first-order chi connectivity index (χ1) is 16.4. The molecule has 3 N–H and O–H groups in total. The molecule has 0 spiro atoms. The van der Waals surface area contributed by atoms with Crippen LogP contribution in [0, 0.1) is 0 Å². The molecular weight excluding hydrogens is 477 g/mol. The number of nitrogens with zero attached hydrogens (tertiary/aromatic N) is 2. The number of carbonyl (C=O) groups is 1. The first-order valence-corrected chi connectivity index (χ1v) is 12.8. The predicted molar refractivity (Wildman–Crippen MR) is 134 cm³/mol. The fourth-order valence-electron chi connectivity index (χ4n) is 3.14. The van der Waals surface area contributed by atoms with Crippen molar-refractivity contribution in [3.63, 3.8) is 0 Å². The lowest BCUT2D eigenvalue weighted by molar-refractivity contribution is 0.0964. The zero-order chi connectivity index (χ0) is 24.6. The van der Waals surface area contributed by atoms with Gasteiger partial charge in [0.15, 0.2) is 5.82 Å². The molecule has 1 amide bonds. The van der Waals surface area contributed by atoms with E-state index in [0.717, 1.165) is 11.3 Å². The van der Waals surface area contributed by atoms with Crippen molar-refractivity contribution >= 4 is 48.2 Å². The second-order valence-electron chi connectivity index (χ2n) is 7.07. The first kappa shape index (κ1) is 25.6. The molecule has 180 valence electrons. The van der Waals surface area contributed by atoms with E-state index in [1.54, 1.807) is 45.2 Å². The molecule has 0 saturated carbocycles. The van der Waals surface area contributed by atoms with Gasteiger partial charge in [-0.2, -0.15) is 4.98 Å². The average molecular weight is 504 g/mol. The molecule has 0 aliphatic rings. The Morgan fingerprint density at radius 3 is 2.35 bits per heavy atom. The summed E-state index contributed by atoms with van der Waals surface area (Å²) in [7, 11) is -1.61. The highest BCUT2D eigenvalue weighted by Crippen LogP contribution is 2.51. The van der Waals surface area contributed by atoms with E-state index in [9.17, 15) is 9.36 Å². The quantitative estimate of drug-likeness (QED) is 0.284. The van der Waals surface area contributed by atoms with Gasteiger partial charge < -0.3 is 25.0 Å². The smallest absolute Gasteiger partial charge is 0.335 e. The summed E-state index contributed by atoms with van der Waals surface area (Å²) in [6.45, 7) is 4.19. The summed E-state index contributed by atoms with van der Waals surface area (Å²) in [4.78, 5) is 20.8. The molecule has 0 fully saturated rings. The zero-order valence-electron chi connectivity index (χ0n) is 19.2. The molecule has 3 aromatic rings.